The van der Waals surface area contributed by atoms with Crippen molar-refractivity contribution in [1.29, 1.82) is 0 Å². The Labute approximate surface area is 151 Å². The summed E-state index contributed by atoms with van der Waals surface area (Å²) in [6.45, 7) is 1.55. The van der Waals surface area contributed by atoms with Gasteiger partial charge in [-0.25, -0.2) is 4.98 Å². The molecule has 0 radical (unpaired) electrons. The van der Waals surface area contributed by atoms with E-state index in [1.807, 2.05) is 39.9 Å². The summed E-state index contributed by atoms with van der Waals surface area (Å²) in [5, 5.41) is 1.30. The van der Waals surface area contributed by atoms with Gasteiger partial charge in [-0.15, -0.1) is 0 Å². The number of carbonyl (C=O) groups is 1. The average molecular weight is 344 g/mol. The van der Waals surface area contributed by atoms with Gasteiger partial charge in [0.15, 0.2) is 0 Å². The Balaban J connectivity index is 1.33. The third-order valence-corrected chi connectivity index (χ3v) is 5.43. The monoisotopic (exact) mass is 344 g/mol. The molecule has 1 saturated heterocycles. The van der Waals surface area contributed by atoms with Crippen molar-refractivity contribution in [3.63, 3.8) is 0 Å². The van der Waals surface area contributed by atoms with Crippen LogP contribution in [0.5, 0.6) is 0 Å². The van der Waals surface area contributed by atoms with Gasteiger partial charge in [-0.3, -0.25) is 4.79 Å². The van der Waals surface area contributed by atoms with Gasteiger partial charge in [0.25, 0.3) is 5.91 Å². The highest BCUT2D eigenvalue weighted by atomic mass is 16.2. The molecule has 0 atom stereocenters. The molecule has 3 aromatic heterocycles. The fourth-order valence-electron chi connectivity index (χ4n) is 4.03. The normalized spacial score (nSPS) is 15.8. The topological polar surface area (TPSA) is 53.4 Å². The van der Waals surface area contributed by atoms with E-state index < -0.39 is 0 Å². The molecule has 5 nitrogen and oxygen atoms in total. The number of aromatic nitrogens is 3. The number of hydrogen-bond donors (Lipinski definition) is 1. The Morgan fingerprint density at radius 3 is 2.73 bits per heavy atom. The van der Waals surface area contributed by atoms with Gasteiger partial charge < -0.3 is 14.3 Å². The lowest BCUT2D eigenvalue weighted by atomic mass is 9.89. The van der Waals surface area contributed by atoms with Crippen LogP contribution in [-0.2, 0) is 0 Å². The number of piperidine rings is 1. The number of hydrogen-bond acceptors (Lipinski definition) is 2. The van der Waals surface area contributed by atoms with Crippen molar-refractivity contribution in [2.24, 2.45) is 0 Å². The van der Waals surface area contributed by atoms with Crippen LogP contribution in [0.2, 0.25) is 0 Å². The van der Waals surface area contributed by atoms with Gasteiger partial charge in [0, 0.05) is 42.6 Å². The zero-order chi connectivity index (χ0) is 17.5. The van der Waals surface area contributed by atoms with Gasteiger partial charge in [0.2, 0.25) is 0 Å². The van der Waals surface area contributed by atoms with Crippen LogP contribution < -0.4 is 0 Å². The number of amides is 1. The molecule has 1 fully saturated rings. The third-order valence-electron chi connectivity index (χ3n) is 5.43. The Hall–Kier alpha value is -3.08. The molecule has 1 aromatic carbocycles. The van der Waals surface area contributed by atoms with E-state index in [1.54, 1.807) is 0 Å². The first kappa shape index (κ1) is 15.2. The van der Waals surface area contributed by atoms with E-state index in [4.69, 9.17) is 0 Å². The maximum atomic E-state index is 12.8. The standard InChI is InChI=1S/C21H20N4O/c26-21(19-14-25-10-4-3-7-20(25)23-19)24-11-8-15(9-12-24)17-13-22-18-6-2-1-5-16(17)18/h1-7,10,13-15,22H,8-9,11-12H2. The Morgan fingerprint density at radius 2 is 1.88 bits per heavy atom. The molecule has 0 bridgehead atoms. The molecule has 1 aliphatic rings. The van der Waals surface area contributed by atoms with Gasteiger partial charge in [-0.1, -0.05) is 24.3 Å². The maximum absolute atomic E-state index is 12.8. The summed E-state index contributed by atoms with van der Waals surface area (Å²) in [6.07, 6.45) is 7.85. The second kappa shape index (κ2) is 6.02. The lowest BCUT2D eigenvalue weighted by Crippen LogP contribution is -2.38. The van der Waals surface area contributed by atoms with Crippen molar-refractivity contribution in [2.75, 3.05) is 13.1 Å². The van der Waals surface area contributed by atoms with E-state index >= 15 is 0 Å². The molecule has 26 heavy (non-hydrogen) atoms. The lowest BCUT2D eigenvalue weighted by Gasteiger charge is -2.31. The number of imidazole rings is 1. The number of benzene rings is 1. The molecule has 5 heteroatoms. The summed E-state index contributed by atoms with van der Waals surface area (Å²) in [6, 6.07) is 14.2. The first-order chi connectivity index (χ1) is 12.8. The van der Waals surface area contributed by atoms with Gasteiger partial charge >= 0.3 is 0 Å². The number of nitrogens with one attached hydrogen (secondary N) is 1. The fourth-order valence-corrected chi connectivity index (χ4v) is 4.03. The zero-order valence-corrected chi connectivity index (χ0v) is 14.4. The zero-order valence-electron chi connectivity index (χ0n) is 14.4. The van der Waals surface area contributed by atoms with Crippen LogP contribution in [0, 0.1) is 0 Å². The molecule has 0 saturated carbocycles. The quantitative estimate of drug-likeness (QED) is 0.601. The second-order valence-corrected chi connectivity index (χ2v) is 6.95. The van der Waals surface area contributed by atoms with Crippen molar-refractivity contribution in [1.82, 2.24) is 19.3 Å². The minimum atomic E-state index is 0.0334. The molecule has 130 valence electrons. The number of rotatable bonds is 2. The Morgan fingerprint density at radius 1 is 1.08 bits per heavy atom. The summed E-state index contributed by atoms with van der Waals surface area (Å²) < 4.78 is 1.89. The van der Waals surface area contributed by atoms with Crippen molar-refractivity contribution in [3.05, 3.63) is 72.3 Å². The minimum Gasteiger partial charge on any atom is -0.361 e. The van der Waals surface area contributed by atoms with Crippen LogP contribution in [0.15, 0.2) is 61.1 Å². The van der Waals surface area contributed by atoms with E-state index in [1.165, 1.54) is 16.5 Å². The number of likely N-dealkylation sites (tertiary alicyclic amines) is 1. The van der Waals surface area contributed by atoms with E-state index in [2.05, 4.69) is 40.4 Å². The van der Waals surface area contributed by atoms with Crippen LogP contribution in [0.4, 0.5) is 0 Å². The van der Waals surface area contributed by atoms with Crippen molar-refractivity contribution >= 4 is 22.5 Å². The molecule has 0 spiro atoms. The molecule has 4 aromatic rings. The number of para-hydroxylation sites is 1. The number of carbonyl (C=O) groups excluding carboxylic acids is 1. The molecule has 1 N–H and O–H groups in total. The molecule has 4 heterocycles. The molecule has 0 aliphatic carbocycles. The highest BCUT2D eigenvalue weighted by molar-refractivity contribution is 5.93. The molecule has 5 rings (SSSR count). The van der Waals surface area contributed by atoms with Crippen molar-refractivity contribution in [2.45, 2.75) is 18.8 Å². The first-order valence-electron chi connectivity index (χ1n) is 9.08. The molecule has 0 unspecified atom stereocenters. The van der Waals surface area contributed by atoms with Crippen LogP contribution in [0.25, 0.3) is 16.6 Å². The summed E-state index contributed by atoms with van der Waals surface area (Å²) in [7, 11) is 0. The van der Waals surface area contributed by atoms with Crippen LogP contribution in [0.1, 0.15) is 34.8 Å². The minimum absolute atomic E-state index is 0.0334. The van der Waals surface area contributed by atoms with Gasteiger partial charge in [-0.2, -0.15) is 0 Å². The first-order valence-corrected chi connectivity index (χ1v) is 9.08. The lowest BCUT2D eigenvalue weighted by molar-refractivity contribution is 0.0708. The van der Waals surface area contributed by atoms with Crippen molar-refractivity contribution < 1.29 is 4.79 Å². The Bertz CT molecular complexity index is 1050. The largest absolute Gasteiger partial charge is 0.361 e. The second-order valence-electron chi connectivity index (χ2n) is 6.95. The molecule has 1 amide bonds. The molecular formula is C21H20N4O. The van der Waals surface area contributed by atoms with E-state index in [0.29, 0.717) is 11.6 Å². The number of aromatic amines is 1. The molecular weight excluding hydrogens is 324 g/mol. The number of pyridine rings is 1. The van der Waals surface area contributed by atoms with E-state index in [0.717, 1.165) is 31.6 Å². The highest BCUT2D eigenvalue weighted by Crippen LogP contribution is 2.33. The van der Waals surface area contributed by atoms with Gasteiger partial charge in [0.05, 0.1) is 0 Å². The van der Waals surface area contributed by atoms with Crippen molar-refractivity contribution in [3.8, 4) is 0 Å². The summed E-state index contributed by atoms with van der Waals surface area (Å²) in [4.78, 5) is 22.6. The smallest absolute Gasteiger partial charge is 0.274 e. The highest BCUT2D eigenvalue weighted by Gasteiger charge is 2.27. The van der Waals surface area contributed by atoms with Crippen LogP contribution >= 0.6 is 0 Å². The SMILES string of the molecule is O=C(c1cn2ccccc2n1)N1CCC(c2c[nH]c3ccccc23)CC1. The Kier molecular flexibility index (Phi) is 3.52. The van der Waals surface area contributed by atoms with E-state index in [-0.39, 0.29) is 5.91 Å². The average Bonchev–Trinajstić information content (AvgIpc) is 3.32. The van der Waals surface area contributed by atoms with Crippen LogP contribution in [-0.4, -0.2) is 38.3 Å². The van der Waals surface area contributed by atoms with Gasteiger partial charge in [0.1, 0.15) is 11.3 Å². The third kappa shape index (κ3) is 2.47. The van der Waals surface area contributed by atoms with E-state index in [9.17, 15) is 4.79 Å². The predicted molar refractivity (Wildman–Crippen MR) is 101 cm³/mol. The van der Waals surface area contributed by atoms with Gasteiger partial charge in [-0.05, 0) is 42.5 Å². The maximum Gasteiger partial charge on any atom is 0.274 e. The van der Waals surface area contributed by atoms with Crippen LogP contribution in [0.3, 0.4) is 0 Å². The number of nitrogens with zero attached hydrogens (tertiary/aromatic N) is 3. The summed E-state index contributed by atoms with van der Waals surface area (Å²) in [5.74, 6) is 0.530. The fraction of sp³-hybridized carbons (Fsp3) is 0.238. The number of H-pyrrole nitrogens is 1. The predicted octanol–water partition coefficient (Wildman–Crippen LogP) is 3.84. The summed E-state index contributed by atoms with van der Waals surface area (Å²) in [5.41, 5.74) is 3.90. The molecule has 1 aliphatic heterocycles. The number of fused-ring (bicyclic) bond motifs is 2. The summed E-state index contributed by atoms with van der Waals surface area (Å²) >= 11 is 0.